The summed E-state index contributed by atoms with van der Waals surface area (Å²) in [5.74, 6) is 0.673. The average molecular weight is 258 g/mol. The van der Waals surface area contributed by atoms with Crippen molar-refractivity contribution < 1.29 is 4.52 Å². The number of rotatable bonds is 8. The van der Waals surface area contributed by atoms with Crippen LogP contribution in [0.2, 0.25) is 0 Å². The summed E-state index contributed by atoms with van der Waals surface area (Å²) >= 11 is 11.3. The first-order chi connectivity index (χ1) is 6.64. The van der Waals surface area contributed by atoms with E-state index in [0.29, 0.717) is 12.5 Å². The van der Waals surface area contributed by atoms with Crippen molar-refractivity contribution in [1.29, 1.82) is 0 Å². The largest absolute Gasteiger partial charge is 0.338 e. The Hall–Kier alpha value is 0.860. The van der Waals surface area contributed by atoms with Crippen molar-refractivity contribution in [3.05, 3.63) is 0 Å². The van der Waals surface area contributed by atoms with Crippen LogP contribution >= 0.6 is 18.0 Å². The predicted octanol–water partition coefficient (Wildman–Crippen LogP) is 3.30. The number of alkyl halides is 1. The maximum Gasteiger partial charge on any atom is 0.132 e. The number of hydrogen-bond acceptors (Lipinski definition) is 2. The van der Waals surface area contributed by atoms with Crippen molar-refractivity contribution in [3.63, 3.8) is 0 Å². The van der Waals surface area contributed by atoms with Gasteiger partial charge in [-0.25, -0.2) is 0 Å². The van der Waals surface area contributed by atoms with Crippen molar-refractivity contribution >= 4 is 29.8 Å². The Bertz CT molecular complexity index is 188. The Morgan fingerprint density at radius 1 is 1.29 bits per heavy atom. The van der Waals surface area contributed by atoms with E-state index in [1.54, 1.807) is 0 Å². The first kappa shape index (κ1) is 14.9. The highest BCUT2D eigenvalue weighted by Gasteiger charge is 2.23. The SMILES string of the molecule is CCOP(=S)(CCCCl)N(CC)CC. The summed E-state index contributed by atoms with van der Waals surface area (Å²) in [4.78, 5) is 0. The number of hydrogen-bond donors (Lipinski definition) is 0. The van der Waals surface area contributed by atoms with Crippen LogP contribution < -0.4 is 0 Å². The Balaban J connectivity index is 4.42. The van der Waals surface area contributed by atoms with Gasteiger partial charge >= 0.3 is 0 Å². The van der Waals surface area contributed by atoms with Gasteiger partial charge in [-0.3, -0.25) is 4.67 Å². The summed E-state index contributed by atoms with van der Waals surface area (Å²) in [6.45, 7) is 8.90. The molecule has 14 heavy (non-hydrogen) atoms. The molecule has 0 bridgehead atoms. The number of nitrogens with zero attached hydrogens (tertiary/aromatic N) is 1. The van der Waals surface area contributed by atoms with Crippen LogP contribution in [0.5, 0.6) is 0 Å². The lowest BCUT2D eigenvalue weighted by atomic mass is 10.6. The molecule has 0 aromatic heterocycles. The molecule has 1 unspecified atom stereocenters. The van der Waals surface area contributed by atoms with Gasteiger partial charge < -0.3 is 4.52 Å². The first-order valence-corrected chi connectivity index (χ1v) is 8.58. The van der Waals surface area contributed by atoms with Crippen LogP contribution in [0.15, 0.2) is 0 Å². The fourth-order valence-corrected chi connectivity index (χ4v) is 5.52. The predicted molar refractivity (Wildman–Crippen MR) is 69.0 cm³/mol. The minimum Gasteiger partial charge on any atom is -0.338 e. The van der Waals surface area contributed by atoms with E-state index in [-0.39, 0.29) is 0 Å². The molecular formula is C9H21ClNOPS. The van der Waals surface area contributed by atoms with Gasteiger partial charge in [-0.2, -0.15) is 0 Å². The van der Waals surface area contributed by atoms with Crippen molar-refractivity contribution in [3.8, 4) is 0 Å². The maximum atomic E-state index is 5.77. The van der Waals surface area contributed by atoms with Crippen LogP contribution in [0.3, 0.4) is 0 Å². The third-order valence-corrected chi connectivity index (χ3v) is 6.86. The van der Waals surface area contributed by atoms with Gasteiger partial charge in [0, 0.05) is 25.1 Å². The number of halogens is 1. The second-order valence-electron chi connectivity index (χ2n) is 2.96. The minimum atomic E-state index is -1.76. The molecule has 0 amide bonds. The summed E-state index contributed by atoms with van der Waals surface area (Å²) in [6.07, 6.45) is 0.122. The Morgan fingerprint density at radius 2 is 1.86 bits per heavy atom. The van der Waals surface area contributed by atoms with Gasteiger partial charge in [0.25, 0.3) is 0 Å². The van der Waals surface area contributed by atoms with Crippen LogP contribution in [-0.4, -0.2) is 36.4 Å². The van der Waals surface area contributed by atoms with Crippen LogP contribution in [0.4, 0.5) is 0 Å². The smallest absolute Gasteiger partial charge is 0.132 e. The molecule has 1 atom stereocenters. The second kappa shape index (κ2) is 8.06. The molecule has 0 spiro atoms. The molecule has 0 rings (SSSR count). The normalized spacial score (nSPS) is 15.8. The molecule has 0 saturated heterocycles. The standard InChI is InChI=1S/C9H21ClNOPS/c1-4-11(5-2)13(14,12-6-3)9-7-8-10/h4-9H2,1-3H3. The molecule has 0 aliphatic carbocycles. The van der Waals surface area contributed by atoms with Gasteiger partial charge in [-0.15, -0.1) is 11.6 Å². The summed E-state index contributed by atoms with van der Waals surface area (Å²) < 4.78 is 8.04. The van der Waals surface area contributed by atoms with Gasteiger partial charge in [-0.05, 0) is 13.3 Å². The zero-order chi connectivity index (χ0) is 11.0. The van der Waals surface area contributed by atoms with Crippen molar-refractivity contribution in [2.45, 2.75) is 27.2 Å². The maximum absolute atomic E-state index is 5.77. The average Bonchev–Trinajstić information content (AvgIpc) is 2.17. The van der Waals surface area contributed by atoms with E-state index in [1.807, 2.05) is 6.92 Å². The van der Waals surface area contributed by atoms with E-state index in [1.165, 1.54) is 0 Å². The van der Waals surface area contributed by atoms with E-state index in [9.17, 15) is 0 Å². The summed E-state index contributed by atoms with van der Waals surface area (Å²) in [6, 6.07) is 0. The Morgan fingerprint density at radius 3 is 2.21 bits per heavy atom. The lowest BCUT2D eigenvalue weighted by Gasteiger charge is -2.32. The van der Waals surface area contributed by atoms with E-state index in [4.69, 9.17) is 27.9 Å². The molecule has 0 radical (unpaired) electrons. The van der Waals surface area contributed by atoms with Gasteiger partial charge in [0.1, 0.15) is 6.42 Å². The zero-order valence-electron chi connectivity index (χ0n) is 9.33. The van der Waals surface area contributed by atoms with E-state index in [0.717, 1.165) is 25.7 Å². The molecule has 0 aliphatic heterocycles. The third-order valence-electron chi connectivity index (χ3n) is 2.07. The van der Waals surface area contributed by atoms with Gasteiger partial charge in [0.2, 0.25) is 0 Å². The molecule has 0 aliphatic rings. The molecule has 0 heterocycles. The first-order valence-electron chi connectivity index (χ1n) is 5.19. The molecule has 5 heteroatoms. The second-order valence-corrected chi connectivity index (χ2v) is 7.60. The van der Waals surface area contributed by atoms with Crippen LogP contribution in [0, 0.1) is 0 Å². The molecule has 2 nitrogen and oxygen atoms in total. The van der Waals surface area contributed by atoms with Crippen LogP contribution in [0.25, 0.3) is 0 Å². The van der Waals surface area contributed by atoms with Crippen LogP contribution in [0.1, 0.15) is 27.2 Å². The highest BCUT2D eigenvalue weighted by atomic mass is 35.5. The van der Waals surface area contributed by atoms with Crippen molar-refractivity contribution in [1.82, 2.24) is 4.67 Å². The van der Waals surface area contributed by atoms with Crippen LogP contribution in [-0.2, 0) is 16.3 Å². The third kappa shape index (κ3) is 4.59. The topological polar surface area (TPSA) is 12.5 Å². The molecule has 0 fully saturated rings. The summed E-state index contributed by atoms with van der Waals surface area (Å²) in [7, 11) is 0. The molecular weight excluding hydrogens is 237 g/mol. The van der Waals surface area contributed by atoms with Gasteiger partial charge in [0.15, 0.2) is 0 Å². The Kier molecular flexibility index (Phi) is 8.56. The Labute approximate surface area is 98.1 Å². The fourth-order valence-electron chi connectivity index (χ4n) is 1.40. The van der Waals surface area contributed by atoms with E-state index in [2.05, 4.69) is 18.5 Å². The van der Waals surface area contributed by atoms with E-state index < -0.39 is 6.42 Å². The monoisotopic (exact) mass is 257 g/mol. The fraction of sp³-hybridized carbons (Fsp3) is 1.00. The van der Waals surface area contributed by atoms with Gasteiger partial charge in [-0.1, -0.05) is 25.7 Å². The minimum absolute atomic E-state index is 0.673. The lowest BCUT2D eigenvalue weighted by molar-refractivity contribution is 0.326. The van der Waals surface area contributed by atoms with Crippen molar-refractivity contribution in [2.75, 3.05) is 31.7 Å². The quantitative estimate of drug-likeness (QED) is 0.489. The zero-order valence-corrected chi connectivity index (χ0v) is 11.8. The van der Waals surface area contributed by atoms with Gasteiger partial charge in [0.05, 0.1) is 6.61 Å². The van der Waals surface area contributed by atoms with Crippen molar-refractivity contribution in [2.24, 2.45) is 0 Å². The molecule has 86 valence electrons. The highest BCUT2D eigenvalue weighted by Crippen LogP contribution is 2.51. The molecule has 0 N–H and O–H groups in total. The molecule has 0 aromatic carbocycles. The lowest BCUT2D eigenvalue weighted by Crippen LogP contribution is -2.22. The summed E-state index contributed by atoms with van der Waals surface area (Å²) in [5, 5.41) is 0. The van der Waals surface area contributed by atoms with E-state index >= 15 is 0 Å². The molecule has 0 saturated carbocycles. The highest BCUT2D eigenvalue weighted by molar-refractivity contribution is 8.11. The summed E-state index contributed by atoms with van der Waals surface area (Å²) in [5.41, 5.74) is 0. The molecule has 0 aromatic rings.